The van der Waals surface area contributed by atoms with Crippen molar-refractivity contribution in [2.24, 2.45) is 5.92 Å². The van der Waals surface area contributed by atoms with Gasteiger partial charge in [0.2, 0.25) is 0 Å². The van der Waals surface area contributed by atoms with Gasteiger partial charge in [-0.2, -0.15) is 0 Å². The number of Topliss-reactive ketones (excluding diaryl/α,β-unsaturated/α-hetero) is 1. The van der Waals surface area contributed by atoms with E-state index in [1.54, 1.807) is 25.3 Å². The first-order valence-electron chi connectivity index (χ1n) is 7.01. The third-order valence-corrected chi connectivity index (χ3v) is 3.97. The van der Waals surface area contributed by atoms with Gasteiger partial charge in [0.25, 0.3) is 0 Å². The third-order valence-electron chi connectivity index (χ3n) is 3.97. The summed E-state index contributed by atoms with van der Waals surface area (Å²) in [6.45, 7) is 0. The number of hydrogen-bond donors (Lipinski definition) is 0. The molecule has 1 unspecified atom stereocenters. The van der Waals surface area contributed by atoms with Crippen LogP contribution in [0.3, 0.4) is 0 Å². The number of methoxy groups -OCH3 is 1. The third kappa shape index (κ3) is 3.63. The highest BCUT2D eigenvalue weighted by molar-refractivity contribution is 5.85. The second-order valence-corrected chi connectivity index (χ2v) is 5.29. The molecule has 0 spiro atoms. The Morgan fingerprint density at radius 1 is 1.32 bits per heavy atom. The van der Waals surface area contributed by atoms with Gasteiger partial charge in [0.05, 0.1) is 0 Å². The minimum Gasteiger partial charge on any atom is -0.373 e. The Morgan fingerprint density at radius 3 is 2.63 bits per heavy atom. The van der Waals surface area contributed by atoms with Crippen LogP contribution in [0, 0.1) is 11.7 Å². The van der Waals surface area contributed by atoms with Crippen molar-refractivity contribution in [3.63, 3.8) is 0 Å². The fraction of sp³-hybridized carbons (Fsp3) is 0.562. The monoisotopic (exact) mass is 264 g/mol. The summed E-state index contributed by atoms with van der Waals surface area (Å²) in [7, 11) is 1.58. The normalized spacial score (nSPS) is 18.2. The van der Waals surface area contributed by atoms with E-state index in [1.165, 1.54) is 12.5 Å². The maximum absolute atomic E-state index is 13.6. The summed E-state index contributed by atoms with van der Waals surface area (Å²) < 4.78 is 19.0. The largest absolute Gasteiger partial charge is 0.373 e. The van der Waals surface area contributed by atoms with Gasteiger partial charge in [-0.1, -0.05) is 37.5 Å². The molecule has 1 aromatic rings. The molecule has 0 bridgehead atoms. The minimum absolute atomic E-state index is 0.000463. The van der Waals surface area contributed by atoms with Gasteiger partial charge in [0.1, 0.15) is 11.9 Å². The molecule has 0 radical (unpaired) electrons. The van der Waals surface area contributed by atoms with E-state index in [0.717, 1.165) is 25.7 Å². The predicted molar refractivity (Wildman–Crippen MR) is 72.5 cm³/mol. The second-order valence-electron chi connectivity index (χ2n) is 5.29. The summed E-state index contributed by atoms with van der Waals surface area (Å²) in [6, 6.07) is 6.46. The zero-order chi connectivity index (χ0) is 13.7. The molecule has 1 fully saturated rings. The summed E-state index contributed by atoms with van der Waals surface area (Å²) in [5.74, 6) is -0.00753. The van der Waals surface area contributed by atoms with Crippen molar-refractivity contribution < 1.29 is 13.9 Å². The minimum atomic E-state index is -0.375. The van der Waals surface area contributed by atoms with Crippen LogP contribution in [0.1, 0.15) is 37.7 Å². The van der Waals surface area contributed by atoms with Crippen molar-refractivity contribution in [3.8, 4) is 0 Å². The van der Waals surface area contributed by atoms with Crippen LogP contribution in [-0.4, -0.2) is 19.0 Å². The Kier molecular flexibility index (Phi) is 5.08. The van der Waals surface area contributed by atoms with Gasteiger partial charge in [0.15, 0.2) is 5.78 Å². The fourth-order valence-electron chi connectivity index (χ4n) is 2.95. The highest BCUT2D eigenvalue weighted by Gasteiger charge is 2.29. The molecule has 0 saturated heterocycles. The zero-order valence-corrected chi connectivity index (χ0v) is 11.4. The number of benzene rings is 1. The highest BCUT2D eigenvalue weighted by Crippen LogP contribution is 2.28. The molecule has 1 saturated carbocycles. The topological polar surface area (TPSA) is 26.3 Å². The average Bonchev–Trinajstić information content (AvgIpc) is 2.43. The molecule has 0 N–H and O–H groups in total. The smallest absolute Gasteiger partial charge is 0.166 e. The molecule has 2 nitrogen and oxygen atoms in total. The molecule has 1 aromatic carbocycles. The van der Waals surface area contributed by atoms with E-state index in [2.05, 4.69) is 0 Å². The van der Waals surface area contributed by atoms with Crippen LogP contribution in [0.2, 0.25) is 0 Å². The molecule has 2 rings (SSSR count). The summed E-state index contributed by atoms with van der Waals surface area (Å²) in [5, 5.41) is 0. The number of rotatable bonds is 5. The van der Waals surface area contributed by atoms with E-state index in [4.69, 9.17) is 4.74 Å². The van der Waals surface area contributed by atoms with Crippen molar-refractivity contribution in [2.45, 2.75) is 44.6 Å². The number of ketones is 1. The molecule has 0 aliphatic heterocycles. The maximum Gasteiger partial charge on any atom is 0.166 e. The molecular formula is C16H21FO2. The fourth-order valence-corrected chi connectivity index (χ4v) is 2.95. The lowest BCUT2D eigenvalue weighted by atomic mass is 9.82. The Balaban J connectivity index is 2.02. The number of carbonyl (C=O) groups is 1. The van der Waals surface area contributed by atoms with Crippen LogP contribution in [0.25, 0.3) is 0 Å². The quantitative estimate of drug-likeness (QED) is 0.813. The van der Waals surface area contributed by atoms with Crippen LogP contribution in [0.5, 0.6) is 0 Å². The molecule has 3 heteroatoms. The molecule has 104 valence electrons. The van der Waals surface area contributed by atoms with Gasteiger partial charge in [-0.05, 0) is 30.4 Å². The lowest BCUT2D eigenvalue weighted by Gasteiger charge is -2.28. The summed E-state index contributed by atoms with van der Waals surface area (Å²) in [4.78, 5) is 12.3. The van der Waals surface area contributed by atoms with E-state index < -0.39 is 0 Å². The highest BCUT2D eigenvalue weighted by atomic mass is 19.1. The molecule has 1 aliphatic carbocycles. The predicted octanol–water partition coefficient (Wildman–Crippen LogP) is 3.53. The summed E-state index contributed by atoms with van der Waals surface area (Å²) >= 11 is 0. The van der Waals surface area contributed by atoms with Gasteiger partial charge >= 0.3 is 0 Å². The Hall–Kier alpha value is -1.22. The average molecular weight is 264 g/mol. The molecule has 0 heterocycles. The molecule has 0 amide bonds. The lowest BCUT2D eigenvalue weighted by molar-refractivity contribution is -0.132. The summed E-state index contributed by atoms with van der Waals surface area (Å²) in [5.41, 5.74) is 0.463. The number of carbonyl (C=O) groups excluding carboxylic acids is 1. The van der Waals surface area contributed by atoms with Gasteiger partial charge < -0.3 is 4.74 Å². The van der Waals surface area contributed by atoms with Crippen molar-refractivity contribution >= 4 is 5.78 Å². The standard InChI is InChI=1S/C16H21FO2/c1-19-16(12-7-3-2-4-8-12)15(18)11-13-9-5-6-10-14(13)17/h5-6,9-10,12,16H,2-4,7-8,11H2,1H3. The SMILES string of the molecule is COC(C(=O)Cc1ccccc1F)C1CCCCC1. The number of hydrogen-bond acceptors (Lipinski definition) is 2. The van der Waals surface area contributed by atoms with Gasteiger partial charge in [0, 0.05) is 13.5 Å². The first-order valence-corrected chi connectivity index (χ1v) is 7.01. The van der Waals surface area contributed by atoms with Crippen molar-refractivity contribution in [3.05, 3.63) is 35.6 Å². The van der Waals surface area contributed by atoms with E-state index in [-0.39, 0.29) is 24.1 Å². The molecule has 0 aromatic heterocycles. The van der Waals surface area contributed by atoms with Crippen LogP contribution >= 0.6 is 0 Å². The van der Waals surface area contributed by atoms with Crippen molar-refractivity contribution in [1.82, 2.24) is 0 Å². The van der Waals surface area contributed by atoms with Crippen LogP contribution < -0.4 is 0 Å². The molecule has 1 aliphatic rings. The zero-order valence-electron chi connectivity index (χ0n) is 11.4. The van der Waals surface area contributed by atoms with Crippen molar-refractivity contribution in [2.75, 3.05) is 7.11 Å². The Bertz CT molecular complexity index is 425. The first kappa shape index (κ1) is 14.2. The Labute approximate surface area is 114 Å². The van der Waals surface area contributed by atoms with E-state index in [9.17, 15) is 9.18 Å². The molecule has 1 atom stereocenters. The van der Waals surface area contributed by atoms with Gasteiger partial charge in [-0.15, -0.1) is 0 Å². The van der Waals surface area contributed by atoms with Crippen molar-refractivity contribution in [1.29, 1.82) is 0 Å². The first-order chi connectivity index (χ1) is 9.22. The van der Waals surface area contributed by atoms with E-state index in [1.807, 2.05) is 0 Å². The number of halogens is 1. The van der Waals surface area contributed by atoms with Gasteiger partial charge in [-0.3, -0.25) is 4.79 Å². The molecule has 19 heavy (non-hydrogen) atoms. The van der Waals surface area contributed by atoms with Crippen LogP contribution in [-0.2, 0) is 16.0 Å². The van der Waals surface area contributed by atoms with Crippen LogP contribution in [0.4, 0.5) is 4.39 Å². The Morgan fingerprint density at radius 2 is 2.00 bits per heavy atom. The summed E-state index contributed by atoms with van der Waals surface area (Å²) in [6.07, 6.45) is 5.41. The van der Waals surface area contributed by atoms with E-state index >= 15 is 0 Å². The van der Waals surface area contributed by atoms with E-state index in [0.29, 0.717) is 11.5 Å². The second kappa shape index (κ2) is 6.80. The molecular weight excluding hydrogens is 243 g/mol. The van der Waals surface area contributed by atoms with Crippen LogP contribution in [0.15, 0.2) is 24.3 Å². The van der Waals surface area contributed by atoms with Gasteiger partial charge in [-0.25, -0.2) is 4.39 Å². The lowest BCUT2D eigenvalue weighted by Crippen LogP contribution is -2.34. The maximum atomic E-state index is 13.6. The number of ether oxygens (including phenoxy) is 1.